The van der Waals surface area contributed by atoms with E-state index < -0.39 is 5.97 Å². The average molecular weight is 294 g/mol. The first-order valence-corrected chi connectivity index (χ1v) is 7.22. The SMILES string of the molecule is Cc1cc(C(C)NCCn2cc(C(=O)O)nn2)c(C)s1. The molecule has 0 saturated heterocycles. The summed E-state index contributed by atoms with van der Waals surface area (Å²) in [5.41, 5.74) is 1.29. The summed E-state index contributed by atoms with van der Waals surface area (Å²) in [7, 11) is 0. The molecular weight excluding hydrogens is 276 g/mol. The minimum absolute atomic E-state index is 0.0256. The molecule has 108 valence electrons. The summed E-state index contributed by atoms with van der Waals surface area (Å²) in [4.78, 5) is 13.3. The van der Waals surface area contributed by atoms with Crippen molar-refractivity contribution in [2.24, 2.45) is 0 Å². The fourth-order valence-corrected chi connectivity index (χ4v) is 3.11. The van der Waals surface area contributed by atoms with Crippen LogP contribution in [-0.4, -0.2) is 32.6 Å². The first kappa shape index (κ1) is 14.7. The van der Waals surface area contributed by atoms with Crippen LogP contribution in [0.4, 0.5) is 0 Å². The Hall–Kier alpha value is -1.73. The lowest BCUT2D eigenvalue weighted by Gasteiger charge is -2.13. The third-order valence-electron chi connectivity index (χ3n) is 3.10. The number of aryl methyl sites for hydroxylation is 2. The van der Waals surface area contributed by atoms with Gasteiger partial charge < -0.3 is 10.4 Å². The van der Waals surface area contributed by atoms with Gasteiger partial charge in [-0.25, -0.2) is 4.79 Å². The van der Waals surface area contributed by atoms with Gasteiger partial charge in [0, 0.05) is 22.3 Å². The highest BCUT2D eigenvalue weighted by Crippen LogP contribution is 2.25. The summed E-state index contributed by atoms with van der Waals surface area (Å²) in [5.74, 6) is -1.05. The summed E-state index contributed by atoms with van der Waals surface area (Å²) >= 11 is 1.80. The Bertz CT molecular complexity index is 605. The van der Waals surface area contributed by atoms with Crippen molar-refractivity contribution in [3.8, 4) is 0 Å². The van der Waals surface area contributed by atoms with Crippen molar-refractivity contribution in [3.05, 3.63) is 33.3 Å². The van der Waals surface area contributed by atoms with Crippen LogP contribution in [0.25, 0.3) is 0 Å². The predicted octanol–water partition coefficient (Wildman–Crippen LogP) is 2.01. The summed E-state index contributed by atoms with van der Waals surface area (Å²) in [5, 5.41) is 19.5. The minimum atomic E-state index is -1.05. The number of rotatable bonds is 6. The topological polar surface area (TPSA) is 80.0 Å². The Labute approximate surface area is 121 Å². The lowest BCUT2D eigenvalue weighted by molar-refractivity contribution is 0.0690. The van der Waals surface area contributed by atoms with Crippen molar-refractivity contribution in [1.29, 1.82) is 0 Å². The number of carboxylic acid groups (broad SMARTS) is 1. The van der Waals surface area contributed by atoms with Crippen LogP contribution in [0.3, 0.4) is 0 Å². The molecule has 0 amide bonds. The molecule has 6 nitrogen and oxygen atoms in total. The maximum Gasteiger partial charge on any atom is 0.358 e. The van der Waals surface area contributed by atoms with Crippen LogP contribution < -0.4 is 5.32 Å². The molecule has 2 N–H and O–H groups in total. The largest absolute Gasteiger partial charge is 0.476 e. The van der Waals surface area contributed by atoms with E-state index in [9.17, 15) is 4.79 Å². The van der Waals surface area contributed by atoms with Crippen molar-refractivity contribution < 1.29 is 9.90 Å². The molecule has 0 fully saturated rings. The van der Waals surface area contributed by atoms with Crippen LogP contribution in [0, 0.1) is 13.8 Å². The molecule has 1 atom stereocenters. The Kier molecular flexibility index (Phi) is 4.51. The fourth-order valence-electron chi connectivity index (χ4n) is 2.09. The first-order chi connectivity index (χ1) is 9.47. The number of nitrogens with one attached hydrogen (secondary N) is 1. The summed E-state index contributed by atoms with van der Waals surface area (Å²) < 4.78 is 1.54. The Morgan fingerprint density at radius 1 is 1.55 bits per heavy atom. The average Bonchev–Trinajstić information content (AvgIpc) is 2.96. The van der Waals surface area contributed by atoms with Crippen molar-refractivity contribution in [2.75, 3.05) is 6.54 Å². The lowest BCUT2D eigenvalue weighted by Crippen LogP contribution is -2.23. The molecule has 0 aliphatic carbocycles. The van der Waals surface area contributed by atoms with Gasteiger partial charge in [-0.15, -0.1) is 16.4 Å². The first-order valence-electron chi connectivity index (χ1n) is 6.41. The number of hydrogen-bond acceptors (Lipinski definition) is 5. The minimum Gasteiger partial charge on any atom is -0.476 e. The Morgan fingerprint density at radius 3 is 2.85 bits per heavy atom. The van der Waals surface area contributed by atoms with Crippen LogP contribution in [0.1, 0.15) is 38.8 Å². The normalized spacial score (nSPS) is 12.6. The molecule has 0 bridgehead atoms. The maximum absolute atomic E-state index is 10.7. The predicted molar refractivity (Wildman–Crippen MR) is 77.2 cm³/mol. The highest BCUT2D eigenvalue weighted by Gasteiger charge is 2.11. The molecule has 20 heavy (non-hydrogen) atoms. The number of hydrogen-bond donors (Lipinski definition) is 2. The van der Waals surface area contributed by atoms with Crippen LogP contribution in [0.15, 0.2) is 12.3 Å². The third-order valence-corrected chi connectivity index (χ3v) is 4.08. The molecule has 0 saturated carbocycles. The lowest BCUT2D eigenvalue weighted by atomic mass is 10.1. The fraction of sp³-hybridized carbons (Fsp3) is 0.462. The molecule has 2 heterocycles. The molecule has 2 aromatic heterocycles. The van der Waals surface area contributed by atoms with Gasteiger partial charge in [0.1, 0.15) is 0 Å². The Balaban J connectivity index is 1.86. The molecule has 1 unspecified atom stereocenters. The van der Waals surface area contributed by atoms with E-state index in [2.05, 4.69) is 42.5 Å². The van der Waals surface area contributed by atoms with Gasteiger partial charge in [-0.1, -0.05) is 5.21 Å². The van der Waals surface area contributed by atoms with E-state index in [1.54, 1.807) is 11.3 Å². The molecule has 2 aromatic rings. The van der Waals surface area contributed by atoms with Crippen LogP contribution in [0.2, 0.25) is 0 Å². The van der Waals surface area contributed by atoms with E-state index >= 15 is 0 Å². The quantitative estimate of drug-likeness (QED) is 0.852. The highest BCUT2D eigenvalue weighted by atomic mass is 32.1. The smallest absolute Gasteiger partial charge is 0.358 e. The van der Waals surface area contributed by atoms with Gasteiger partial charge in [0.2, 0.25) is 0 Å². The highest BCUT2D eigenvalue weighted by molar-refractivity contribution is 7.12. The van der Waals surface area contributed by atoms with E-state index in [1.165, 1.54) is 26.2 Å². The number of carbonyl (C=O) groups is 1. The number of aromatic carboxylic acids is 1. The van der Waals surface area contributed by atoms with Gasteiger partial charge in [-0.05, 0) is 32.4 Å². The molecule has 0 aromatic carbocycles. The molecule has 0 radical (unpaired) electrons. The monoisotopic (exact) mass is 294 g/mol. The van der Waals surface area contributed by atoms with Crippen molar-refractivity contribution >= 4 is 17.3 Å². The maximum atomic E-state index is 10.7. The van der Waals surface area contributed by atoms with Crippen molar-refractivity contribution in [2.45, 2.75) is 33.4 Å². The van der Waals surface area contributed by atoms with Gasteiger partial charge in [-0.2, -0.15) is 0 Å². The van der Waals surface area contributed by atoms with E-state index in [4.69, 9.17) is 5.11 Å². The summed E-state index contributed by atoms with van der Waals surface area (Å²) in [6.45, 7) is 7.65. The molecule has 2 rings (SSSR count). The number of thiophene rings is 1. The molecule has 7 heteroatoms. The second-order valence-electron chi connectivity index (χ2n) is 4.72. The number of aromatic nitrogens is 3. The van der Waals surface area contributed by atoms with Gasteiger partial charge in [0.25, 0.3) is 0 Å². The summed E-state index contributed by atoms with van der Waals surface area (Å²) in [6, 6.07) is 2.47. The zero-order valence-corrected chi connectivity index (χ0v) is 12.6. The number of carboxylic acids is 1. The second kappa shape index (κ2) is 6.15. The van der Waals surface area contributed by atoms with Crippen LogP contribution >= 0.6 is 11.3 Å². The zero-order valence-electron chi connectivity index (χ0n) is 11.8. The zero-order chi connectivity index (χ0) is 14.7. The van der Waals surface area contributed by atoms with Gasteiger partial charge in [0.15, 0.2) is 5.69 Å². The Morgan fingerprint density at radius 2 is 2.30 bits per heavy atom. The van der Waals surface area contributed by atoms with E-state index in [-0.39, 0.29) is 11.7 Å². The molecule has 0 spiro atoms. The van der Waals surface area contributed by atoms with Gasteiger partial charge >= 0.3 is 5.97 Å². The van der Waals surface area contributed by atoms with E-state index in [1.807, 2.05) is 0 Å². The van der Waals surface area contributed by atoms with Crippen LogP contribution in [0.5, 0.6) is 0 Å². The third kappa shape index (κ3) is 3.43. The van der Waals surface area contributed by atoms with Crippen molar-refractivity contribution in [3.63, 3.8) is 0 Å². The second-order valence-corrected chi connectivity index (χ2v) is 6.18. The standard InChI is InChI=1S/C13H18N4O2S/c1-8-6-11(10(3)20-8)9(2)14-4-5-17-7-12(13(18)19)15-16-17/h6-7,9,14H,4-5H2,1-3H3,(H,18,19). The molecule has 0 aliphatic rings. The van der Waals surface area contributed by atoms with Crippen molar-refractivity contribution in [1.82, 2.24) is 20.3 Å². The van der Waals surface area contributed by atoms with Crippen LogP contribution in [-0.2, 0) is 6.54 Å². The van der Waals surface area contributed by atoms with E-state index in [0.717, 1.165) is 0 Å². The van der Waals surface area contributed by atoms with E-state index in [0.29, 0.717) is 13.1 Å². The molecular formula is C13H18N4O2S. The molecule has 0 aliphatic heterocycles. The van der Waals surface area contributed by atoms with Gasteiger partial charge in [0.05, 0.1) is 12.7 Å². The summed E-state index contributed by atoms with van der Waals surface area (Å²) in [6.07, 6.45) is 1.44. The number of nitrogens with zero attached hydrogens (tertiary/aromatic N) is 3. The van der Waals surface area contributed by atoms with Gasteiger partial charge in [-0.3, -0.25) is 4.68 Å².